The Labute approximate surface area is 237 Å². The zero-order chi connectivity index (χ0) is 27.3. The second-order valence-corrected chi connectivity index (χ2v) is 13.3. The molecule has 0 saturated carbocycles. The Kier molecular flexibility index (Phi) is 28.9. The van der Waals surface area contributed by atoms with Crippen molar-refractivity contribution in [3.8, 4) is 0 Å². The smallest absolute Gasteiger partial charge is 0.0857 e. The van der Waals surface area contributed by atoms with Crippen LogP contribution in [0.15, 0.2) is 0 Å². The Bertz CT molecular complexity index is 415. The summed E-state index contributed by atoms with van der Waals surface area (Å²) in [6, 6.07) is 0.819. The third kappa shape index (κ3) is 27.3. The van der Waals surface area contributed by atoms with E-state index in [2.05, 4.69) is 34.9 Å². The first kappa shape index (κ1) is 37.0. The minimum absolute atomic E-state index is 0.819. The van der Waals surface area contributed by atoms with Gasteiger partial charge in [-0.2, -0.15) is 0 Å². The largest absolute Gasteiger partial charge is 0.326 e. The minimum Gasteiger partial charge on any atom is -0.326 e. The minimum atomic E-state index is 0.819. The average Bonchev–Trinajstić information content (AvgIpc) is 2.88. The van der Waals surface area contributed by atoms with Gasteiger partial charge in [0, 0.05) is 0 Å². The fourth-order valence-electron chi connectivity index (χ4n) is 5.92. The summed E-state index contributed by atoms with van der Waals surface area (Å²) in [6.07, 6.45) is 42.3. The van der Waals surface area contributed by atoms with Crippen LogP contribution in [-0.2, 0) is 0 Å². The van der Waals surface area contributed by atoms with Crippen LogP contribution in [0.3, 0.4) is 0 Å². The molecule has 1 atom stereocenters. The number of rotatable bonds is 31. The Balaban J connectivity index is 3.42. The highest BCUT2D eigenvalue weighted by molar-refractivity contribution is 4.56. The zero-order valence-corrected chi connectivity index (χ0v) is 27.2. The van der Waals surface area contributed by atoms with Gasteiger partial charge in [-0.05, 0) is 32.6 Å². The second kappa shape index (κ2) is 29.0. The molecule has 0 N–H and O–H groups in total. The standard InChI is InChI=1S/C36H76N/c1-6-8-10-12-14-16-18-20-22-24-26-28-30-32-34-36(3)37(4,5)35-33-31-29-27-25-23-21-19-17-15-13-11-9-7-2/h36H,6-35H2,1-5H3/q+1. The van der Waals surface area contributed by atoms with Crippen LogP contribution in [0.4, 0.5) is 0 Å². The zero-order valence-electron chi connectivity index (χ0n) is 27.2. The Morgan fingerprint density at radius 2 is 0.595 bits per heavy atom. The molecule has 37 heavy (non-hydrogen) atoms. The monoisotopic (exact) mass is 523 g/mol. The first-order valence-electron chi connectivity index (χ1n) is 17.9. The van der Waals surface area contributed by atoms with Crippen LogP contribution < -0.4 is 0 Å². The van der Waals surface area contributed by atoms with Gasteiger partial charge in [0.1, 0.15) is 0 Å². The summed E-state index contributed by atoms with van der Waals surface area (Å²) in [5, 5.41) is 0. The van der Waals surface area contributed by atoms with Gasteiger partial charge < -0.3 is 4.48 Å². The van der Waals surface area contributed by atoms with Crippen molar-refractivity contribution < 1.29 is 4.48 Å². The maximum Gasteiger partial charge on any atom is 0.0857 e. The lowest BCUT2D eigenvalue weighted by Gasteiger charge is -2.36. The van der Waals surface area contributed by atoms with Gasteiger partial charge in [0.15, 0.2) is 0 Å². The third-order valence-electron chi connectivity index (χ3n) is 9.26. The highest BCUT2D eigenvalue weighted by Gasteiger charge is 2.22. The lowest BCUT2D eigenvalue weighted by Crippen LogP contribution is -2.47. The maximum absolute atomic E-state index is 2.51. The number of hydrogen-bond acceptors (Lipinski definition) is 0. The van der Waals surface area contributed by atoms with E-state index in [0.29, 0.717) is 0 Å². The van der Waals surface area contributed by atoms with Crippen molar-refractivity contribution in [2.75, 3.05) is 20.6 Å². The summed E-state index contributed by atoms with van der Waals surface area (Å²) in [5.41, 5.74) is 0. The van der Waals surface area contributed by atoms with Gasteiger partial charge in [-0.15, -0.1) is 0 Å². The molecule has 0 aliphatic carbocycles. The van der Waals surface area contributed by atoms with Gasteiger partial charge in [-0.1, -0.05) is 174 Å². The molecule has 0 fully saturated rings. The van der Waals surface area contributed by atoms with Crippen LogP contribution in [0.25, 0.3) is 0 Å². The van der Waals surface area contributed by atoms with Gasteiger partial charge in [0.05, 0.1) is 26.7 Å². The van der Waals surface area contributed by atoms with Crippen molar-refractivity contribution in [2.24, 2.45) is 0 Å². The van der Waals surface area contributed by atoms with Crippen molar-refractivity contribution in [1.82, 2.24) is 0 Å². The molecule has 1 unspecified atom stereocenters. The fourth-order valence-corrected chi connectivity index (χ4v) is 5.92. The van der Waals surface area contributed by atoms with E-state index in [0.717, 1.165) is 6.04 Å². The Morgan fingerprint density at radius 3 is 0.892 bits per heavy atom. The van der Waals surface area contributed by atoms with Crippen LogP contribution in [-0.4, -0.2) is 31.2 Å². The Hall–Kier alpha value is -0.0400. The molecule has 0 aromatic rings. The van der Waals surface area contributed by atoms with Crippen molar-refractivity contribution in [3.63, 3.8) is 0 Å². The van der Waals surface area contributed by atoms with Crippen molar-refractivity contribution in [3.05, 3.63) is 0 Å². The summed E-state index contributed by atoms with van der Waals surface area (Å²) in [5.74, 6) is 0. The normalized spacial score (nSPS) is 12.9. The number of hydrogen-bond donors (Lipinski definition) is 0. The summed E-state index contributed by atoms with van der Waals surface area (Å²) in [6.45, 7) is 8.50. The van der Waals surface area contributed by atoms with E-state index in [1.54, 1.807) is 0 Å². The fraction of sp³-hybridized carbons (Fsp3) is 1.00. The molecular formula is C36H76N+. The van der Waals surface area contributed by atoms with E-state index in [4.69, 9.17) is 0 Å². The summed E-state index contributed by atoms with van der Waals surface area (Å²) in [7, 11) is 4.97. The predicted molar refractivity (Wildman–Crippen MR) is 172 cm³/mol. The van der Waals surface area contributed by atoms with E-state index >= 15 is 0 Å². The molecule has 0 aromatic carbocycles. The Morgan fingerprint density at radius 1 is 0.351 bits per heavy atom. The molecule has 0 aromatic heterocycles. The van der Waals surface area contributed by atoms with Crippen molar-refractivity contribution >= 4 is 0 Å². The average molecular weight is 523 g/mol. The molecule has 1 nitrogen and oxygen atoms in total. The molecule has 0 amide bonds. The van der Waals surface area contributed by atoms with Gasteiger partial charge in [0.25, 0.3) is 0 Å². The first-order valence-corrected chi connectivity index (χ1v) is 17.9. The topological polar surface area (TPSA) is 0 Å². The molecular weight excluding hydrogens is 446 g/mol. The van der Waals surface area contributed by atoms with Crippen molar-refractivity contribution in [2.45, 2.75) is 213 Å². The number of quaternary nitrogens is 1. The van der Waals surface area contributed by atoms with E-state index in [-0.39, 0.29) is 0 Å². The molecule has 0 aliphatic rings. The van der Waals surface area contributed by atoms with Gasteiger partial charge in [0.2, 0.25) is 0 Å². The van der Waals surface area contributed by atoms with Crippen LogP contribution in [0.5, 0.6) is 0 Å². The van der Waals surface area contributed by atoms with E-state index in [9.17, 15) is 0 Å². The predicted octanol–water partition coefficient (Wildman–Crippen LogP) is 12.8. The van der Waals surface area contributed by atoms with Gasteiger partial charge >= 0.3 is 0 Å². The second-order valence-electron chi connectivity index (χ2n) is 13.3. The number of nitrogens with zero attached hydrogens (tertiary/aromatic N) is 1. The molecule has 0 rings (SSSR count). The molecule has 224 valence electrons. The quantitative estimate of drug-likeness (QED) is 0.0627. The summed E-state index contributed by atoms with van der Waals surface area (Å²) < 4.78 is 1.23. The number of unbranched alkanes of at least 4 members (excludes halogenated alkanes) is 26. The van der Waals surface area contributed by atoms with E-state index < -0.39 is 0 Å². The summed E-state index contributed by atoms with van der Waals surface area (Å²) in [4.78, 5) is 0. The summed E-state index contributed by atoms with van der Waals surface area (Å²) >= 11 is 0. The van der Waals surface area contributed by atoms with E-state index in [1.807, 2.05) is 0 Å². The molecule has 0 bridgehead atoms. The molecule has 0 heterocycles. The molecule has 0 radical (unpaired) electrons. The van der Waals surface area contributed by atoms with Crippen LogP contribution in [0, 0.1) is 0 Å². The lowest BCUT2D eigenvalue weighted by atomic mass is 10.0. The highest BCUT2D eigenvalue weighted by atomic mass is 15.3. The van der Waals surface area contributed by atoms with Gasteiger partial charge in [-0.25, -0.2) is 0 Å². The molecule has 0 aliphatic heterocycles. The van der Waals surface area contributed by atoms with Crippen LogP contribution in [0.2, 0.25) is 0 Å². The maximum atomic E-state index is 2.51. The highest BCUT2D eigenvalue weighted by Crippen LogP contribution is 2.19. The lowest BCUT2D eigenvalue weighted by molar-refractivity contribution is -0.913. The van der Waals surface area contributed by atoms with Crippen LogP contribution >= 0.6 is 0 Å². The molecule has 0 saturated heterocycles. The first-order chi connectivity index (χ1) is 18.0. The van der Waals surface area contributed by atoms with Crippen LogP contribution in [0.1, 0.15) is 207 Å². The van der Waals surface area contributed by atoms with Gasteiger partial charge in [-0.3, -0.25) is 0 Å². The third-order valence-corrected chi connectivity index (χ3v) is 9.26. The molecule has 0 spiro atoms. The van der Waals surface area contributed by atoms with E-state index in [1.165, 1.54) is 197 Å². The molecule has 1 heteroatoms. The SMILES string of the molecule is CCCCCCCCCCCCCCCCC(C)[N+](C)(C)CCCCCCCCCCCCCCCC. The van der Waals surface area contributed by atoms with Crippen molar-refractivity contribution in [1.29, 1.82) is 0 Å².